The predicted octanol–water partition coefficient (Wildman–Crippen LogP) is 20.0. The Morgan fingerprint density at radius 1 is 0.373 bits per heavy atom. The molecule has 0 saturated heterocycles. The van der Waals surface area contributed by atoms with Gasteiger partial charge in [0.1, 0.15) is 11.2 Å². The van der Waals surface area contributed by atoms with E-state index in [9.17, 15) is 0 Å². The van der Waals surface area contributed by atoms with Gasteiger partial charge in [0.2, 0.25) is 0 Å². The lowest BCUT2D eigenvalue weighted by Crippen LogP contribution is -2.32. The summed E-state index contributed by atoms with van der Waals surface area (Å²) in [6.45, 7) is 0. The van der Waals surface area contributed by atoms with Crippen molar-refractivity contribution in [2.75, 3.05) is 14.7 Å². The Morgan fingerprint density at radius 2 is 0.907 bits per heavy atom. The van der Waals surface area contributed by atoms with Gasteiger partial charge in [0.25, 0.3) is 0 Å². The van der Waals surface area contributed by atoms with E-state index in [0.29, 0.717) is 0 Å². The van der Waals surface area contributed by atoms with Crippen LogP contribution in [0.1, 0.15) is 10.4 Å². The van der Waals surface area contributed by atoms with Crippen molar-refractivity contribution in [1.29, 1.82) is 0 Å². The Balaban J connectivity index is 0.899. The highest BCUT2D eigenvalue weighted by Crippen LogP contribution is 2.49. The number of para-hydroxylation sites is 5. The zero-order valence-corrected chi connectivity index (χ0v) is 41.8. The fourth-order valence-corrected chi connectivity index (χ4v) is 12.5. The topological polar surface area (TPSA) is 22.9 Å². The van der Waals surface area contributed by atoms with Crippen LogP contribution < -0.4 is 14.7 Å². The summed E-state index contributed by atoms with van der Waals surface area (Å²) in [6.07, 6.45) is 5.60. The second-order valence-electron chi connectivity index (χ2n) is 19.2. The van der Waals surface area contributed by atoms with Gasteiger partial charge in [0, 0.05) is 60.5 Å². The van der Waals surface area contributed by atoms with E-state index >= 15 is 0 Å². The van der Waals surface area contributed by atoms with Crippen molar-refractivity contribution >= 4 is 106 Å². The third-order valence-electron chi connectivity index (χ3n) is 14.7. The number of hydrogen-bond acceptors (Lipinski definition) is 5. The minimum Gasteiger partial charge on any atom is -0.456 e. The van der Waals surface area contributed by atoms with Crippen LogP contribution in [0, 0.1) is 0 Å². The van der Waals surface area contributed by atoms with Gasteiger partial charge in [0.05, 0.1) is 17.4 Å². The first-order valence-electron chi connectivity index (χ1n) is 25.7. The maximum atomic E-state index is 6.52. The van der Waals surface area contributed by atoms with E-state index in [1.54, 1.807) is 0 Å². The molecule has 11 aromatic carbocycles. The molecule has 0 spiro atoms. The lowest BCUT2D eigenvalue weighted by molar-refractivity contribution is 0.668. The Labute approximate surface area is 440 Å². The zero-order chi connectivity index (χ0) is 49.7. The zero-order valence-electron chi connectivity index (χ0n) is 41.0. The molecular formula is C70H49N3OS. The molecule has 13 aromatic rings. The molecule has 0 bridgehead atoms. The van der Waals surface area contributed by atoms with Crippen LogP contribution in [0.25, 0.3) is 71.1 Å². The summed E-state index contributed by atoms with van der Waals surface area (Å²) >= 11 is 1.88. The minimum absolute atomic E-state index is 0.0324. The Kier molecular flexibility index (Phi) is 11.2. The second kappa shape index (κ2) is 18.9. The van der Waals surface area contributed by atoms with Gasteiger partial charge in [-0.1, -0.05) is 176 Å². The first kappa shape index (κ1) is 44.3. The number of benzene rings is 11. The van der Waals surface area contributed by atoms with E-state index in [-0.39, 0.29) is 6.04 Å². The lowest BCUT2D eigenvalue weighted by Gasteiger charge is -2.34. The number of nitrogens with zero attached hydrogens (tertiary/aromatic N) is 3. The highest BCUT2D eigenvalue weighted by Gasteiger charge is 2.28. The van der Waals surface area contributed by atoms with Crippen molar-refractivity contribution in [1.82, 2.24) is 0 Å². The molecule has 75 heavy (non-hydrogen) atoms. The number of thiophene rings is 1. The SMILES string of the molecule is C1=CC(N(c2cccc(-c3ccccc3)c2)c2ccc3c(c2)oc2ccccc23)Cc2c1sc1cc(N(c3cccc(-c4cccc5ccccc45)c3)c3ccccc3N(c3ccccc3)c3ccccc3)ccc21. The van der Waals surface area contributed by atoms with Crippen molar-refractivity contribution in [2.24, 2.45) is 0 Å². The fourth-order valence-electron chi connectivity index (χ4n) is 11.3. The third-order valence-corrected chi connectivity index (χ3v) is 15.9. The van der Waals surface area contributed by atoms with Gasteiger partial charge in [-0.15, -0.1) is 11.3 Å². The molecule has 1 aliphatic rings. The van der Waals surface area contributed by atoms with Gasteiger partial charge in [-0.2, -0.15) is 0 Å². The second-order valence-corrected chi connectivity index (χ2v) is 20.3. The monoisotopic (exact) mass is 979 g/mol. The van der Waals surface area contributed by atoms with E-state index in [1.807, 2.05) is 17.4 Å². The Morgan fingerprint density at radius 3 is 1.69 bits per heavy atom. The summed E-state index contributed by atoms with van der Waals surface area (Å²) in [5.41, 5.74) is 16.6. The molecule has 2 aromatic heterocycles. The molecule has 1 atom stereocenters. The molecule has 0 fully saturated rings. The molecule has 0 saturated carbocycles. The van der Waals surface area contributed by atoms with E-state index in [4.69, 9.17) is 4.42 Å². The van der Waals surface area contributed by atoms with Crippen LogP contribution >= 0.6 is 11.3 Å². The molecule has 0 radical (unpaired) electrons. The molecule has 0 aliphatic heterocycles. The maximum Gasteiger partial charge on any atom is 0.137 e. The quantitative estimate of drug-likeness (QED) is 0.129. The summed E-state index contributed by atoms with van der Waals surface area (Å²) in [5, 5.41) is 6.00. The number of furan rings is 1. The van der Waals surface area contributed by atoms with Crippen molar-refractivity contribution < 1.29 is 4.42 Å². The molecule has 14 rings (SSSR count). The van der Waals surface area contributed by atoms with Gasteiger partial charge >= 0.3 is 0 Å². The minimum atomic E-state index is 0.0324. The Bertz CT molecular complexity index is 4210. The maximum absolute atomic E-state index is 6.52. The molecule has 1 aliphatic carbocycles. The van der Waals surface area contributed by atoms with Crippen LogP contribution in [0.4, 0.5) is 45.5 Å². The normalized spacial score (nSPS) is 13.1. The fraction of sp³-hybridized carbons (Fsp3) is 0.0286. The largest absolute Gasteiger partial charge is 0.456 e. The van der Waals surface area contributed by atoms with Crippen molar-refractivity contribution in [3.63, 3.8) is 0 Å². The van der Waals surface area contributed by atoms with E-state index in [0.717, 1.165) is 79.4 Å². The molecule has 2 heterocycles. The summed E-state index contributed by atoms with van der Waals surface area (Å²) in [7, 11) is 0. The van der Waals surface area contributed by atoms with Crippen molar-refractivity contribution in [2.45, 2.75) is 12.5 Å². The summed E-state index contributed by atoms with van der Waals surface area (Å²) in [4.78, 5) is 8.63. The standard InChI is InChI=1S/C70H49N3OS/c1-4-19-48(20-5-1)50-23-16-29-54(43-50)71(57-37-40-62-61-32-12-15-36-67(61)74-68(62)46-57)56-39-42-69-64(45-56)63-41-38-58(47-70(63)75-69)73(55-30-17-24-51(44-55)60-33-18-22-49-21-10-11-31-59(49)60)66-35-14-13-34-65(66)72(52-25-6-2-7-26-52)53-27-8-3-9-28-53/h1-44,46-47,56H,45H2. The molecule has 0 amide bonds. The van der Waals surface area contributed by atoms with Crippen LogP contribution in [-0.2, 0) is 6.42 Å². The van der Waals surface area contributed by atoms with Crippen LogP contribution in [0.2, 0.25) is 0 Å². The summed E-state index contributed by atoms with van der Waals surface area (Å²) < 4.78 is 7.77. The molecule has 0 N–H and O–H groups in total. The van der Waals surface area contributed by atoms with Crippen LogP contribution in [0.3, 0.4) is 0 Å². The molecular weight excluding hydrogens is 931 g/mol. The molecule has 5 heteroatoms. The summed E-state index contributed by atoms with van der Waals surface area (Å²) in [6, 6.07) is 96.4. The van der Waals surface area contributed by atoms with Crippen LogP contribution in [0.5, 0.6) is 0 Å². The highest BCUT2D eigenvalue weighted by molar-refractivity contribution is 7.20. The lowest BCUT2D eigenvalue weighted by atomic mass is 9.94. The van der Waals surface area contributed by atoms with Crippen LogP contribution in [0.15, 0.2) is 277 Å². The molecule has 356 valence electrons. The smallest absolute Gasteiger partial charge is 0.137 e. The highest BCUT2D eigenvalue weighted by atomic mass is 32.1. The first-order chi connectivity index (χ1) is 37.2. The van der Waals surface area contributed by atoms with Crippen molar-refractivity contribution in [3.8, 4) is 22.3 Å². The number of fused-ring (bicyclic) bond motifs is 7. The third kappa shape index (κ3) is 8.11. The number of hydrogen-bond donors (Lipinski definition) is 0. The van der Waals surface area contributed by atoms with Crippen LogP contribution in [-0.4, -0.2) is 6.04 Å². The average molecular weight is 980 g/mol. The predicted molar refractivity (Wildman–Crippen MR) is 318 cm³/mol. The van der Waals surface area contributed by atoms with Gasteiger partial charge < -0.3 is 19.1 Å². The van der Waals surface area contributed by atoms with E-state index in [1.165, 1.54) is 48.0 Å². The van der Waals surface area contributed by atoms with Gasteiger partial charge in [0.15, 0.2) is 0 Å². The molecule has 1 unspecified atom stereocenters. The molecule has 4 nitrogen and oxygen atoms in total. The average Bonchev–Trinajstić information content (AvgIpc) is 4.04. The Hall–Kier alpha value is -9.42. The first-order valence-corrected chi connectivity index (χ1v) is 26.5. The van der Waals surface area contributed by atoms with Gasteiger partial charge in [-0.3, -0.25) is 0 Å². The van der Waals surface area contributed by atoms with Gasteiger partial charge in [-0.05, 0) is 147 Å². The van der Waals surface area contributed by atoms with E-state index in [2.05, 4.69) is 288 Å². The van der Waals surface area contributed by atoms with E-state index < -0.39 is 0 Å². The number of rotatable bonds is 11. The number of anilines is 8. The van der Waals surface area contributed by atoms with Crippen molar-refractivity contribution in [3.05, 3.63) is 283 Å². The summed E-state index contributed by atoms with van der Waals surface area (Å²) in [5.74, 6) is 0. The van der Waals surface area contributed by atoms with Gasteiger partial charge in [-0.25, -0.2) is 0 Å².